The summed E-state index contributed by atoms with van der Waals surface area (Å²) in [6.45, 7) is 4.28. The van der Waals surface area contributed by atoms with Gasteiger partial charge in [-0.2, -0.15) is 0 Å². The van der Waals surface area contributed by atoms with Crippen LogP contribution in [-0.4, -0.2) is 24.3 Å². The molecular weight excluding hydrogens is 322 g/mol. The number of hydrogen-bond donors (Lipinski definition) is 1. The summed E-state index contributed by atoms with van der Waals surface area (Å²) in [5.41, 5.74) is 0.648. The Morgan fingerprint density at radius 1 is 1.30 bits per heavy atom. The summed E-state index contributed by atoms with van der Waals surface area (Å²) >= 11 is 3.32. The van der Waals surface area contributed by atoms with Crippen molar-refractivity contribution in [3.05, 3.63) is 34.3 Å². The molecule has 1 rings (SSSR count). The van der Waals surface area contributed by atoms with Gasteiger partial charge in [0.1, 0.15) is 6.04 Å². The Hall–Kier alpha value is -1.20. The van der Waals surface area contributed by atoms with Gasteiger partial charge in [-0.15, -0.1) is 0 Å². The van der Waals surface area contributed by atoms with Gasteiger partial charge < -0.3 is 15.2 Å². The topological polar surface area (TPSA) is 73.8 Å². The molecule has 0 aliphatic heterocycles. The van der Waals surface area contributed by atoms with Crippen LogP contribution in [0.25, 0.3) is 0 Å². The molecule has 2 N–H and O–H groups in total. The van der Waals surface area contributed by atoms with E-state index in [1.54, 1.807) is 17.4 Å². The maximum Gasteiger partial charge on any atom is 0.168 e. The summed E-state index contributed by atoms with van der Waals surface area (Å²) in [5, 5.41) is 12.7. The van der Waals surface area contributed by atoms with Crippen LogP contribution in [0.15, 0.2) is 28.7 Å². The Kier molecular flexibility index (Phi) is 6.88. The summed E-state index contributed by atoms with van der Waals surface area (Å²) < 4.78 is 0.925. The van der Waals surface area contributed by atoms with Crippen LogP contribution in [0.1, 0.15) is 37.0 Å². The molecule has 0 spiro atoms. The number of halogens is 1. The van der Waals surface area contributed by atoms with Gasteiger partial charge in [0, 0.05) is 16.0 Å². The van der Waals surface area contributed by atoms with Crippen LogP contribution in [0.3, 0.4) is 0 Å². The van der Waals surface area contributed by atoms with Crippen LogP contribution in [0.2, 0.25) is 0 Å². The van der Waals surface area contributed by atoms with Crippen LogP contribution >= 0.6 is 15.9 Å². The molecule has 5 heteroatoms. The lowest BCUT2D eigenvalue weighted by molar-refractivity contribution is -0.688. The van der Waals surface area contributed by atoms with E-state index in [0.29, 0.717) is 18.5 Å². The standard InChI is InChI=1S/C15H20BrNO3/c1-3-10(2)14(15(19)20)17-9-8-13(18)11-4-6-12(16)7-5-11/h4-7,10,14,17H,3,8-9H2,1-2H3,(H,19,20)/t10-,14+/m1/s1. The highest BCUT2D eigenvalue weighted by Crippen LogP contribution is 2.11. The van der Waals surface area contributed by atoms with E-state index in [1.807, 2.05) is 26.0 Å². The first-order chi connectivity index (χ1) is 9.45. The number of carboxylic acids is 1. The SMILES string of the molecule is CC[C@@H](C)[C@H]([NH2+]CCC(=O)c1ccc(Br)cc1)C(=O)[O-]. The van der Waals surface area contributed by atoms with Gasteiger partial charge in [0.25, 0.3) is 0 Å². The Labute approximate surface area is 127 Å². The predicted octanol–water partition coefficient (Wildman–Crippen LogP) is 0.750. The second-order valence-electron chi connectivity index (χ2n) is 4.93. The minimum Gasteiger partial charge on any atom is -0.544 e. The number of Topliss-reactive ketones (excluding diaryl/α,β-unsaturated/α-hetero) is 1. The van der Waals surface area contributed by atoms with Gasteiger partial charge in [0.05, 0.1) is 18.9 Å². The molecule has 0 bridgehead atoms. The van der Waals surface area contributed by atoms with Crippen molar-refractivity contribution in [2.24, 2.45) is 5.92 Å². The molecule has 2 atom stereocenters. The second-order valence-corrected chi connectivity index (χ2v) is 5.85. The molecular formula is C15H20BrNO3. The smallest absolute Gasteiger partial charge is 0.168 e. The molecule has 0 aliphatic rings. The highest BCUT2D eigenvalue weighted by atomic mass is 79.9. The van der Waals surface area contributed by atoms with Crippen molar-refractivity contribution in [2.75, 3.05) is 6.54 Å². The number of nitrogens with two attached hydrogens (primary N) is 1. The zero-order valence-electron chi connectivity index (χ0n) is 11.8. The van der Waals surface area contributed by atoms with E-state index in [1.165, 1.54) is 0 Å². The van der Waals surface area contributed by atoms with Crippen molar-refractivity contribution in [2.45, 2.75) is 32.7 Å². The monoisotopic (exact) mass is 341 g/mol. The molecule has 20 heavy (non-hydrogen) atoms. The molecule has 1 aromatic rings. The fourth-order valence-electron chi connectivity index (χ4n) is 1.99. The van der Waals surface area contributed by atoms with Gasteiger partial charge in [-0.3, -0.25) is 4.79 Å². The molecule has 0 fully saturated rings. The van der Waals surface area contributed by atoms with Crippen LogP contribution in [-0.2, 0) is 4.79 Å². The summed E-state index contributed by atoms with van der Waals surface area (Å²) in [5.74, 6) is -1.01. The van der Waals surface area contributed by atoms with Crippen molar-refractivity contribution < 1.29 is 20.0 Å². The lowest BCUT2D eigenvalue weighted by Gasteiger charge is -2.21. The van der Waals surface area contributed by atoms with Crippen molar-refractivity contribution in [1.82, 2.24) is 0 Å². The Morgan fingerprint density at radius 3 is 2.40 bits per heavy atom. The molecule has 0 saturated carbocycles. The van der Waals surface area contributed by atoms with E-state index in [0.717, 1.165) is 10.9 Å². The molecule has 4 nitrogen and oxygen atoms in total. The fraction of sp³-hybridized carbons (Fsp3) is 0.467. The molecule has 0 unspecified atom stereocenters. The first-order valence-corrected chi connectivity index (χ1v) is 7.58. The summed E-state index contributed by atoms with van der Waals surface area (Å²) in [7, 11) is 0. The minimum absolute atomic E-state index is 0.0231. The second kappa shape index (κ2) is 8.17. The van der Waals surface area contributed by atoms with Gasteiger partial charge in [-0.25, -0.2) is 0 Å². The van der Waals surface area contributed by atoms with Gasteiger partial charge in [-0.05, 0) is 18.6 Å². The van der Waals surface area contributed by atoms with Gasteiger partial charge >= 0.3 is 0 Å². The largest absolute Gasteiger partial charge is 0.544 e. The van der Waals surface area contributed by atoms with Crippen LogP contribution in [0.4, 0.5) is 0 Å². The Balaban J connectivity index is 2.48. The minimum atomic E-state index is -1.06. The maximum atomic E-state index is 11.9. The molecule has 1 aromatic carbocycles. The number of aliphatic carboxylic acids is 1. The molecule has 0 radical (unpaired) electrons. The normalized spacial score (nSPS) is 13.8. The molecule has 0 aromatic heterocycles. The number of ketones is 1. The van der Waals surface area contributed by atoms with Gasteiger partial charge in [0.15, 0.2) is 5.78 Å². The van der Waals surface area contributed by atoms with E-state index in [9.17, 15) is 14.7 Å². The van der Waals surface area contributed by atoms with E-state index in [2.05, 4.69) is 15.9 Å². The summed E-state index contributed by atoms with van der Waals surface area (Å²) in [6, 6.07) is 6.58. The zero-order chi connectivity index (χ0) is 15.1. The number of carbonyl (C=O) groups excluding carboxylic acids is 2. The molecule has 0 saturated heterocycles. The maximum absolute atomic E-state index is 11.9. The molecule has 0 aliphatic carbocycles. The van der Waals surface area contributed by atoms with E-state index in [-0.39, 0.29) is 11.7 Å². The van der Waals surface area contributed by atoms with Crippen molar-refractivity contribution in [1.29, 1.82) is 0 Å². The zero-order valence-corrected chi connectivity index (χ0v) is 13.4. The van der Waals surface area contributed by atoms with Crippen molar-refractivity contribution >= 4 is 27.7 Å². The Bertz CT molecular complexity index is 459. The van der Waals surface area contributed by atoms with Gasteiger partial charge in [-0.1, -0.05) is 41.9 Å². The first kappa shape index (κ1) is 16.9. The summed E-state index contributed by atoms with van der Waals surface area (Å²) in [4.78, 5) is 23.0. The van der Waals surface area contributed by atoms with Crippen molar-refractivity contribution in [3.63, 3.8) is 0 Å². The van der Waals surface area contributed by atoms with Crippen LogP contribution < -0.4 is 10.4 Å². The molecule has 110 valence electrons. The number of carboxylic acid groups (broad SMARTS) is 1. The lowest BCUT2D eigenvalue weighted by Crippen LogP contribution is -2.94. The third-order valence-electron chi connectivity index (χ3n) is 3.49. The predicted molar refractivity (Wildman–Crippen MR) is 78.1 cm³/mol. The van der Waals surface area contributed by atoms with E-state index in [4.69, 9.17) is 0 Å². The average molecular weight is 342 g/mol. The number of rotatable bonds is 8. The number of quaternary nitrogens is 1. The number of carbonyl (C=O) groups is 2. The highest BCUT2D eigenvalue weighted by Gasteiger charge is 2.20. The van der Waals surface area contributed by atoms with Crippen LogP contribution in [0, 0.1) is 5.92 Å². The first-order valence-electron chi connectivity index (χ1n) is 6.78. The number of hydrogen-bond acceptors (Lipinski definition) is 3. The average Bonchev–Trinajstić information content (AvgIpc) is 2.43. The van der Waals surface area contributed by atoms with E-state index < -0.39 is 12.0 Å². The van der Waals surface area contributed by atoms with Crippen LogP contribution in [0.5, 0.6) is 0 Å². The Morgan fingerprint density at radius 2 is 1.90 bits per heavy atom. The quantitative estimate of drug-likeness (QED) is 0.709. The van der Waals surface area contributed by atoms with Gasteiger partial charge in [0.2, 0.25) is 0 Å². The molecule has 0 amide bonds. The number of benzene rings is 1. The van der Waals surface area contributed by atoms with E-state index >= 15 is 0 Å². The summed E-state index contributed by atoms with van der Waals surface area (Å²) in [6.07, 6.45) is 1.09. The third kappa shape index (κ3) is 5.06. The van der Waals surface area contributed by atoms with Crippen molar-refractivity contribution in [3.8, 4) is 0 Å². The highest BCUT2D eigenvalue weighted by molar-refractivity contribution is 9.10. The lowest BCUT2D eigenvalue weighted by atomic mass is 9.99. The fourth-order valence-corrected chi connectivity index (χ4v) is 2.25. The third-order valence-corrected chi connectivity index (χ3v) is 4.02. The molecule has 0 heterocycles.